The number of hydrogen-bond donors (Lipinski definition) is 0. The smallest absolute Gasteiger partial charge is 0.161 e. The van der Waals surface area contributed by atoms with Crippen LogP contribution in [0.1, 0.15) is 11.4 Å². The predicted molar refractivity (Wildman–Crippen MR) is 79.5 cm³/mol. The van der Waals surface area contributed by atoms with Crippen LogP contribution in [0.4, 0.5) is 0 Å². The highest BCUT2D eigenvalue weighted by atomic mass is 79.9. The summed E-state index contributed by atoms with van der Waals surface area (Å²) in [4.78, 5) is 0. The van der Waals surface area contributed by atoms with Gasteiger partial charge in [-0.2, -0.15) is 0 Å². The van der Waals surface area contributed by atoms with Crippen molar-refractivity contribution in [2.75, 3.05) is 0 Å². The Morgan fingerprint density at radius 3 is 2.63 bits per heavy atom. The van der Waals surface area contributed by atoms with E-state index >= 15 is 0 Å². The van der Waals surface area contributed by atoms with Crippen LogP contribution in [0.2, 0.25) is 5.02 Å². The van der Waals surface area contributed by atoms with Gasteiger partial charge < -0.3 is 0 Å². The first-order chi connectivity index (χ1) is 9.22. The molecule has 0 radical (unpaired) electrons. The van der Waals surface area contributed by atoms with Crippen LogP contribution in [0.5, 0.6) is 0 Å². The summed E-state index contributed by atoms with van der Waals surface area (Å²) in [6.07, 6.45) is 3.76. The second kappa shape index (κ2) is 5.31. The number of benzene rings is 1. The van der Waals surface area contributed by atoms with E-state index in [2.05, 4.69) is 26.1 Å². The number of aromatic nitrogens is 3. The second-order valence-electron chi connectivity index (χ2n) is 4.32. The molecule has 1 aromatic carbocycles. The number of nitrogens with zero attached hydrogens (tertiary/aromatic N) is 3. The van der Waals surface area contributed by atoms with E-state index in [4.69, 9.17) is 11.6 Å². The maximum Gasteiger partial charge on any atom is 0.161 e. The van der Waals surface area contributed by atoms with Crippen molar-refractivity contribution in [1.82, 2.24) is 14.6 Å². The number of aryl methyl sites for hydroxylation is 2. The van der Waals surface area contributed by atoms with Crippen molar-refractivity contribution in [2.45, 2.75) is 12.8 Å². The van der Waals surface area contributed by atoms with Gasteiger partial charge in [-0.25, -0.2) is 0 Å². The highest BCUT2D eigenvalue weighted by molar-refractivity contribution is 9.10. The Kier molecular flexibility index (Phi) is 3.53. The van der Waals surface area contributed by atoms with Crippen molar-refractivity contribution in [3.05, 3.63) is 63.5 Å². The highest BCUT2D eigenvalue weighted by Crippen LogP contribution is 2.15. The topological polar surface area (TPSA) is 30.2 Å². The van der Waals surface area contributed by atoms with Crippen LogP contribution in [0.3, 0.4) is 0 Å². The van der Waals surface area contributed by atoms with Crippen LogP contribution in [0.25, 0.3) is 5.65 Å². The maximum atomic E-state index is 5.87. The number of rotatable bonds is 3. The van der Waals surface area contributed by atoms with Gasteiger partial charge in [-0.05, 0) is 36.2 Å². The normalized spacial score (nSPS) is 11.1. The molecule has 0 aliphatic carbocycles. The van der Waals surface area contributed by atoms with Gasteiger partial charge in [0.05, 0.1) is 0 Å². The van der Waals surface area contributed by atoms with Crippen molar-refractivity contribution in [2.24, 2.45) is 0 Å². The SMILES string of the molecule is Clc1ccc(CCc2nnc3cc(Br)ccn23)cc1. The molecule has 2 aromatic heterocycles. The third-order valence-electron chi connectivity index (χ3n) is 2.99. The molecule has 5 heteroatoms. The van der Waals surface area contributed by atoms with Crippen molar-refractivity contribution in [1.29, 1.82) is 0 Å². The van der Waals surface area contributed by atoms with E-state index in [0.29, 0.717) is 0 Å². The molecule has 0 N–H and O–H groups in total. The molecule has 0 spiro atoms. The summed E-state index contributed by atoms with van der Waals surface area (Å²) in [5.41, 5.74) is 2.11. The average Bonchev–Trinajstić information content (AvgIpc) is 2.80. The molecule has 0 saturated carbocycles. The molecule has 3 rings (SSSR count). The molecule has 3 aromatic rings. The maximum absolute atomic E-state index is 5.87. The zero-order valence-electron chi connectivity index (χ0n) is 10.1. The van der Waals surface area contributed by atoms with Crippen LogP contribution in [-0.4, -0.2) is 14.6 Å². The van der Waals surface area contributed by atoms with Gasteiger partial charge in [0.25, 0.3) is 0 Å². The Morgan fingerprint density at radius 1 is 1.05 bits per heavy atom. The first kappa shape index (κ1) is 12.6. The van der Waals surface area contributed by atoms with Crippen molar-refractivity contribution < 1.29 is 0 Å². The summed E-state index contributed by atoms with van der Waals surface area (Å²) < 4.78 is 3.03. The molecule has 0 fully saturated rings. The molecule has 0 atom stereocenters. The largest absolute Gasteiger partial charge is 0.286 e. The Bertz CT molecular complexity index is 706. The molecule has 2 heterocycles. The monoisotopic (exact) mass is 335 g/mol. The number of pyridine rings is 1. The van der Waals surface area contributed by atoms with Gasteiger partial charge >= 0.3 is 0 Å². The molecule has 0 amide bonds. The molecular formula is C14H11BrClN3. The summed E-state index contributed by atoms with van der Waals surface area (Å²) in [7, 11) is 0. The van der Waals surface area contributed by atoms with Gasteiger partial charge in [0.15, 0.2) is 5.65 Å². The Morgan fingerprint density at radius 2 is 1.84 bits per heavy atom. The Hall–Kier alpha value is -1.39. The van der Waals surface area contributed by atoms with Crippen LogP contribution in [0, 0.1) is 0 Å². The minimum atomic E-state index is 0.765. The summed E-state index contributed by atoms with van der Waals surface area (Å²) >= 11 is 9.30. The minimum absolute atomic E-state index is 0.765. The molecule has 96 valence electrons. The Balaban J connectivity index is 1.80. The zero-order valence-corrected chi connectivity index (χ0v) is 12.4. The van der Waals surface area contributed by atoms with E-state index in [1.807, 2.05) is 47.0 Å². The van der Waals surface area contributed by atoms with Gasteiger partial charge in [-0.1, -0.05) is 39.7 Å². The molecule has 0 saturated heterocycles. The quantitative estimate of drug-likeness (QED) is 0.725. The van der Waals surface area contributed by atoms with E-state index in [0.717, 1.165) is 33.8 Å². The molecule has 0 unspecified atom stereocenters. The molecule has 19 heavy (non-hydrogen) atoms. The second-order valence-corrected chi connectivity index (χ2v) is 5.67. The molecule has 3 nitrogen and oxygen atoms in total. The molecule has 0 aliphatic rings. The van der Waals surface area contributed by atoms with Gasteiger partial charge in [0, 0.05) is 22.1 Å². The fraction of sp³-hybridized carbons (Fsp3) is 0.143. The predicted octanol–water partition coefficient (Wildman–Crippen LogP) is 3.93. The van der Waals surface area contributed by atoms with Crippen LogP contribution < -0.4 is 0 Å². The summed E-state index contributed by atoms with van der Waals surface area (Å²) in [5.74, 6) is 0.970. The average molecular weight is 337 g/mol. The highest BCUT2D eigenvalue weighted by Gasteiger charge is 2.05. The third-order valence-corrected chi connectivity index (χ3v) is 3.74. The van der Waals surface area contributed by atoms with Crippen LogP contribution in [0.15, 0.2) is 47.1 Å². The molecule has 0 aliphatic heterocycles. The third kappa shape index (κ3) is 2.80. The standard InChI is InChI=1S/C14H11BrClN3/c15-11-7-8-19-13(17-18-14(19)9-11)6-3-10-1-4-12(16)5-2-10/h1-2,4-5,7-9H,3,6H2. The minimum Gasteiger partial charge on any atom is -0.286 e. The van der Waals surface area contributed by atoms with E-state index < -0.39 is 0 Å². The first-order valence-electron chi connectivity index (χ1n) is 5.96. The zero-order chi connectivity index (χ0) is 13.2. The van der Waals surface area contributed by atoms with Crippen molar-refractivity contribution >= 4 is 33.2 Å². The van der Waals surface area contributed by atoms with Gasteiger partial charge in [0.2, 0.25) is 0 Å². The first-order valence-corrected chi connectivity index (χ1v) is 7.13. The lowest BCUT2D eigenvalue weighted by atomic mass is 10.1. The summed E-state index contributed by atoms with van der Waals surface area (Å²) in [6.45, 7) is 0. The summed E-state index contributed by atoms with van der Waals surface area (Å²) in [6, 6.07) is 11.9. The summed E-state index contributed by atoms with van der Waals surface area (Å²) in [5, 5.41) is 9.17. The number of hydrogen-bond acceptors (Lipinski definition) is 2. The van der Waals surface area contributed by atoms with Gasteiger partial charge in [-0.15, -0.1) is 10.2 Å². The fourth-order valence-corrected chi connectivity index (χ4v) is 2.44. The Labute approximate surface area is 124 Å². The van der Waals surface area contributed by atoms with E-state index in [1.165, 1.54) is 5.56 Å². The lowest BCUT2D eigenvalue weighted by Crippen LogP contribution is -1.97. The van der Waals surface area contributed by atoms with Crippen LogP contribution >= 0.6 is 27.5 Å². The molecule has 0 bridgehead atoms. The van der Waals surface area contributed by atoms with E-state index in [9.17, 15) is 0 Å². The lowest BCUT2D eigenvalue weighted by Gasteiger charge is -2.01. The fourth-order valence-electron chi connectivity index (χ4n) is 1.99. The van der Waals surface area contributed by atoms with Crippen LogP contribution in [-0.2, 0) is 12.8 Å². The van der Waals surface area contributed by atoms with Crippen molar-refractivity contribution in [3.63, 3.8) is 0 Å². The van der Waals surface area contributed by atoms with Crippen molar-refractivity contribution in [3.8, 4) is 0 Å². The van der Waals surface area contributed by atoms with E-state index in [-0.39, 0.29) is 0 Å². The van der Waals surface area contributed by atoms with Gasteiger partial charge in [-0.3, -0.25) is 4.40 Å². The number of halogens is 2. The van der Waals surface area contributed by atoms with Gasteiger partial charge in [0.1, 0.15) is 5.82 Å². The number of fused-ring (bicyclic) bond motifs is 1. The van der Waals surface area contributed by atoms with E-state index in [1.54, 1.807) is 0 Å². The lowest BCUT2D eigenvalue weighted by molar-refractivity contribution is 0.839. The molecular weight excluding hydrogens is 326 g/mol.